The highest BCUT2D eigenvalue weighted by atomic mass is 35.5. The SMILES string of the molecule is CN(C)CCCN(C)CCC(O)c1ccc(Cl)cc1. The van der Waals surface area contributed by atoms with Crippen molar-refractivity contribution in [3.8, 4) is 0 Å². The Morgan fingerprint density at radius 2 is 1.68 bits per heavy atom. The summed E-state index contributed by atoms with van der Waals surface area (Å²) in [5.41, 5.74) is 0.936. The first kappa shape index (κ1) is 16.4. The Kier molecular flexibility index (Phi) is 7.39. The van der Waals surface area contributed by atoms with E-state index < -0.39 is 6.10 Å². The summed E-state index contributed by atoms with van der Waals surface area (Å²) in [5.74, 6) is 0. The van der Waals surface area contributed by atoms with Crippen LogP contribution in [0.5, 0.6) is 0 Å². The first-order valence-electron chi connectivity index (χ1n) is 6.76. The van der Waals surface area contributed by atoms with Gasteiger partial charge in [0.2, 0.25) is 0 Å². The van der Waals surface area contributed by atoms with Crippen LogP contribution in [0.3, 0.4) is 0 Å². The lowest BCUT2D eigenvalue weighted by Gasteiger charge is -2.20. The van der Waals surface area contributed by atoms with E-state index in [1.807, 2.05) is 24.3 Å². The molecule has 0 saturated carbocycles. The molecule has 0 heterocycles. The van der Waals surface area contributed by atoms with E-state index in [1.54, 1.807) is 0 Å². The molecule has 1 N–H and O–H groups in total. The van der Waals surface area contributed by atoms with Crippen molar-refractivity contribution in [1.82, 2.24) is 9.80 Å². The average molecular weight is 285 g/mol. The van der Waals surface area contributed by atoms with Crippen LogP contribution in [0.15, 0.2) is 24.3 Å². The Bertz CT molecular complexity index is 354. The first-order chi connectivity index (χ1) is 8.99. The van der Waals surface area contributed by atoms with Crippen molar-refractivity contribution in [3.63, 3.8) is 0 Å². The van der Waals surface area contributed by atoms with Gasteiger partial charge in [-0.05, 0) is 64.8 Å². The fourth-order valence-electron chi connectivity index (χ4n) is 1.96. The number of hydrogen-bond acceptors (Lipinski definition) is 3. The molecule has 1 rings (SSSR count). The van der Waals surface area contributed by atoms with E-state index >= 15 is 0 Å². The Morgan fingerprint density at radius 3 is 2.26 bits per heavy atom. The van der Waals surface area contributed by atoms with Crippen LogP contribution in [0.25, 0.3) is 0 Å². The van der Waals surface area contributed by atoms with Crippen molar-refractivity contribution in [2.45, 2.75) is 18.9 Å². The molecule has 0 saturated heterocycles. The molecule has 0 radical (unpaired) electrons. The normalized spacial score (nSPS) is 13.2. The Morgan fingerprint density at radius 1 is 1.05 bits per heavy atom. The van der Waals surface area contributed by atoms with Gasteiger partial charge in [0.25, 0.3) is 0 Å². The summed E-state index contributed by atoms with van der Waals surface area (Å²) < 4.78 is 0. The van der Waals surface area contributed by atoms with Gasteiger partial charge in [0.1, 0.15) is 0 Å². The zero-order valence-electron chi connectivity index (χ0n) is 12.1. The maximum atomic E-state index is 10.1. The van der Waals surface area contributed by atoms with Crippen LogP contribution >= 0.6 is 11.6 Å². The predicted octanol–water partition coefficient (Wildman–Crippen LogP) is 2.65. The third-order valence-electron chi connectivity index (χ3n) is 3.18. The number of benzene rings is 1. The number of rotatable bonds is 8. The number of aliphatic hydroxyl groups is 1. The number of halogens is 1. The van der Waals surface area contributed by atoms with Crippen LogP contribution in [-0.2, 0) is 0 Å². The van der Waals surface area contributed by atoms with Crippen molar-refractivity contribution < 1.29 is 5.11 Å². The molecule has 0 aliphatic carbocycles. The van der Waals surface area contributed by atoms with Crippen molar-refractivity contribution in [3.05, 3.63) is 34.9 Å². The molecule has 3 nitrogen and oxygen atoms in total. The second-order valence-electron chi connectivity index (χ2n) is 5.32. The van der Waals surface area contributed by atoms with Crippen molar-refractivity contribution in [2.75, 3.05) is 40.8 Å². The van der Waals surface area contributed by atoms with Crippen molar-refractivity contribution in [1.29, 1.82) is 0 Å². The molecule has 1 unspecified atom stereocenters. The lowest BCUT2D eigenvalue weighted by Crippen LogP contribution is -2.25. The fraction of sp³-hybridized carbons (Fsp3) is 0.600. The quantitative estimate of drug-likeness (QED) is 0.795. The molecule has 4 heteroatoms. The molecule has 0 fully saturated rings. The number of hydrogen-bond donors (Lipinski definition) is 1. The van der Waals surface area contributed by atoms with Gasteiger partial charge in [0.05, 0.1) is 6.10 Å². The average Bonchev–Trinajstić information content (AvgIpc) is 2.36. The van der Waals surface area contributed by atoms with E-state index in [4.69, 9.17) is 11.6 Å². The summed E-state index contributed by atoms with van der Waals surface area (Å²) in [4.78, 5) is 4.46. The van der Waals surface area contributed by atoms with E-state index in [9.17, 15) is 5.11 Å². The molecule has 1 aromatic carbocycles. The third-order valence-corrected chi connectivity index (χ3v) is 3.44. The summed E-state index contributed by atoms with van der Waals surface area (Å²) in [6, 6.07) is 7.42. The van der Waals surface area contributed by atoms with Crippen molar-refractivity contribution >= 4 is 11.6 Å². The van der Waals surface area contributed by atoms with Gasteiger partial charge in [-0.3, -0.25) is 0 Å². The van der Waals surface area contributed by atoms with E-state index in [-0.39, 0.29) is 0 Å². The molecule has 1 aromatic rings. The highest BCUT2D eigenvalue weighted by Gasteiger charge is 2.08. The molecule has 108 valence electrons. The van der Waals surface area contributed by atoms with Gasteiger partial charge in [0, 0.05) is 11.6 Å². The molecule has 0 aliphatic rings. The monoisotopic (exact) mass is 284 g/mol. The molecular formula is C15H25ClN2O. The van der Waals surface area contributed by atoms with Crippen LogP contribution in [0, 0.1) is 0 Å². The molecular weight excluding hydrogens is 260 g/mol. The zero-order valence-corrected chi connectivity index (χ0v) is 12.9. The van der Waals surface area contributed by atoms with Crippen LogP contribution in [0.4, 0.5) is 0 Å². The molecule has 0 spiro atoms. The van der Waals surface area contributed by atoms with E-state index in [1.165, 1.54) is 0 Å². The Balaban J connectivity index is 2.25. The van der Waals surface area contributed by atoms with Crippen LogP contribution in [-0.4, -0.2) is 55.7 Å². The molecule has 0 amide bonds. The largest absolute Gasteiger partial charge is 0.388 e. The van der Waals surface area contributed by atoms with Crippen LogP contribution < -0.4 is 0 Å². The van der Waals surface area contributed by atoms with Gasteiger partial charge < -0.3 is 14.9 Å². The summed E-state index contributed by atoms with van der Waals surface area (Å²) in [5, 5.41) is 10.8. The second-order valence-corrected chi connectivity index (χ2v) is 5.75. The van der Waals surface area contributed by atoms with E-state index in [2.05, 4.69) is 30.9 Å². The summed E-state index contributed by atoms with van der Waals surface area (Å²) >= 11 is 5.83. The highest BCUT2D eigenvalue weighted by Crippen LogP contribution is 2.19. The molecule has 19 heavy (non-hydrogen) atoms. The maximum absolute atomic E-state index is 10.1. The topological polar surface area (TPSA) is 26.7 Å². The lowest BCUT2D eigenvalue weighted by molar-refractivity contribution is 0.148. The van der Waals surface area contributed by atoms with Crippen LogP contribution in [0.1, 0.15) is 24.5 Å². The van der Waals surface area contributed by atoms with E-state index in [0.717, 1.165) is 38.0 Å². The first-order valence-corrected chi connectivity index (χ1v) is 7.13. The van der Waals surface area contributed by atoms with Gasteiger partial charge in [-0.2, -0.15) is 0 Å². The van der Waals surface area contributed by atoms with Gasteiger partial charge in [0.15, 0.2) is 0 Å². The van der Waals surface area contributed by atoms with Crippen LogP contribution in [0.2, 0.25) is 5.02 Å². The van der Waals surface area contributed by atoms with E-state index in [0.29, 0.717) is 5.02 Å². The molecule has 0 aliphatic heterocycles. The lowest BCUT2D eigenvalue weighted by atomic mass is 10.1. The summed E-state index contributed by atoms with van der Waals surface area (Å²) in [6.07, 6.45) is 1.49. The second kappa shape index (κ2) is 8.54. The molecule has 1 atom stereocenters. The highest BCUT2D eigenvalue weighted by molar-refractivity contribution is 6.30. The summed E-state index contributed by atoms with van der Waals surface area (Å²) in [7, 11) is 6.28. The van der Waals surface area contributed by atoms with Gasteiger partial charge in [-0.1, -0.05) is 23.7 Å². The number of nitrogens with zero attached hydrogens (tertiary/aromatic N) is 2. The third kappa shape index (κ3) is 6.92. The summed E-state index contributed by atoms with van der Waals surface area (Å²) in [6.45, 7) is 3.06. The van der Waals surface area contributed by atoms with Gasteiger partial charge in [-0.25, -0.2) is 0 Å². The molecule has 0 bridgehead atoms. The predicted molar refractivity (Wildman–Crippen MR) is 81.7 cm³/mol. The maximum Gasteiger partial charge on any atom is 0.0802 e. The fourth-order valence-corrected chi connectivity index (χ4v) is 2.09. The smallest absolute Gasteiger partial charge is 0.0802 e. The molecule has 0 aromatic heterocycles. The van der Waals surface area contributed by atoms with Gasteiger partial charge in [-0.15, -0.1) is 0 Å². The zero-order chi connectivity index (χ0) is 14.3. The minimum atomic E-state index is -0.409. The minimum Gasteiger partial charge on any atom is -0.388 e. The van der Waals surface area contributed by atoms with Gasteiger partial charge >= 0.3 is 0 Å². The van der Waals surface area contributed by atoms with Crippen molar-refractivity contribution in [2.24, 2.45) is 0 Å². The Hall–Kier alpha value is -0.610. The Labute approximate surface area is 121 Å². The number of aliphatic hydroxyl groups excluding tert-OH is 1. The minimum absolute atomic E-state index is 0.409. The standard InChI is InChI=1S/C15H25ClN2O/c1-17(2)10-4-11-18(3)12-9-15(19)13-5-7-14(16)8-6-13/h5-8,15,19H,4,9-12H2,1-3H3.